The number of hydrogen-bond donors (Lipinski definition) is 1. The maximum atomic E-state index is 11.0. The molecule has 2 aromatic rings. The molecule has 1 saturated heterocycles. The largest absolute Gasteiger partial charge is 0.481 e. The Morgan fingerprint density at radius 3 is 2.90 bits per heavy atom. The molecule has 1 aromatic heterocycles. The predicted octanol–water partition coefficient (Wildman–Crippen LogP) is 2.78. The molecule has 0 radical (unpaired) electrons. The number of carbonyl (C=O) groups is 1. The van der Waals surface area contributed by atoms with Gasteiger partial charge in [-0.05, 0) is 24.6 Å². The lowest BCUT2D eigenvalue weighted by Crippen LogP contribution is -2.22. The first kappa shape index (κ1) is 13.4. The minimum Gasteiger partial charge on any atom is -0.481 e. The first-order valence-corrected chi connectivity index (χ1v) is 6.89. The standard InChI is InChI=1S/C16H16N2O3/c19-16(20)12-7-9-18(11-12)13-4-3-5-14(10-13)21-15-6-1-2-8-17-15/h1-6,8,10,12H,7,9,11H2,(H,19,20). The highest BCUT2D eigenvalue weighted by molar-refractivity contribution is 5.72. The number of aliphatic carboxylic acids is 1. The second kappa shape index (κ2) is 5.83. The van der Waals surface area contributed by atoms with Crippen molar-refractivity contribution in [2.45, 2.75) is 6.42 Å². The summed E-state index contributed by atoms with van der Waals surface area (Å²) < 4.78 is 5.70. The monoisotopic (exact) mass is 284 g/mol. The van der Waals surface area contributed by atoms with Crippen molar-refractivity contribution < 1.29 is 14.6 Å². The molecule has 5 nitrogen and oxygen atoms in total. The number of carboxylic acid groups (broad SMARTS) is 1. The van der Waals surface area contributed by atoms with E-state index in [2.05, 4.69) is 9.88 Å². The van der Waals surface area contributed by atoms with Crippen molar-refractivity contribution in [3.8, 4) is 11.6 Å². The van der Waals surface area contributed by atoms with E-state index in [1.165, 1.54) is 0 Å². The predicted molar refractivity (Wildman–Crippen MR) is 78.7 cm³/mol. The summed E-state index contributed by atoms with van der Waals surface area (Å²) in [6.07, 6.45) is 2.36. The van der Waals surface area contributed by atoms with Gasteiger partial charge < -0.3 is 14.7 Å². The van der Waals surface area contributed by atoms with E-state index in [9.17, 15) is 4.79 Å². The normalized spacial score (nSPS) is 17.7. The maximum Gasteiger partial charge on any atom is 0.308 e. The molecule has 21 heavy (non-hydrogen) atoms. The van der Waals surface area contributed by atoms with Gasteiger partial charge in [0.25, 0.3) is 0 Å². The van der Waals surface area contributed by atoms with Crippen molar-refractivity contribution >= 4 is 11.7 Å². The van der Waals surface area contributed by atoms with Crippen LogP contribution in [0.5, 0.6) is 11.6 Å². The smallest absolute Gasteiger partial charge is 0.308 e. The van der Waals surface area contributed by atoms with E-state index in [1.807, 2.05) is 36.4 Å². The van der Waals surface area contributed by atoms with E-state index in [1.54, 1.807) is 12.3 Å². The zero-order chi connectivity index (χ0) is 14.7. The van der Waals surface area contributed by atoms with Crippen LogP contribution in [0.4, 0.5) is 5.69 Å². The number of carboxylic acids is 1. The molecule has 1 atom stereocenters. The number of hydrogen-bond acceptors (Lipinski definition) is 4. The molecule has 0 bridgehead atoms. The number of nitrogens with zero attached hydrogens (tertiary/aromatic N) is 2. The molecule has 1 aliphatic heterocycles. The highest BCUT2D eigenvalue weighted by atomic mass is 16.5. The summed E-state index contributed by atoms with van der Waals surface area (Å²) in [5.74, 6) is 0.230. The minimum atomic E-state index is -0.724. The van der Waals surface area contributed by atoms with Gasteiger partial charge in [0.15, 0.2) is 0 Å². The van der Waals surface area contributed by atoms with Crippen LogP contribution in [0.3, 0.4) is 0 Å². The van der Waals surface area contributed by atoms with Crippen LogP contribution in [-0.4, -0.2) is 29.1 Å². The highest BCUT2D eigenvalue weighted by Crippen LogP contribution is 2.28. The second-order valence-electron chi connectivity index (χ2n) is 5.04. The van der Waals surface area contributed by atoms with Gasteiger partial charge in [-0.3, -0.25) is 4.79 Å². The van der Waals surface area contributed by atoms with E-state index in [-0.39, 0.29) is 5.92 Å². The Morgan fingerprint density at radius 2 is 2.19 bits per heavy atom. The summed E-state index contributed by atoms with van der Waals surface area (Å²) in [5, 5.41) is 9.07. The molecule has 0 aliphatic carbocycles. The summed E-state index contributed by atoms with van der Waals surface area (Å²) in [4.78, 5) is 17.2. The highest BCUT2D eigenvalue weighted by Gasteiger charge is 2.28. The average Bonchev–Trinajstić information content (AvgIpc) is 2.99. The molecular weight excluding hydrogens is 268 g/mol. The number of aromatic nitrogens is 1. The van der Waals surface area contributed by atoms with Crippen LogP contribution in [0, 0.1) is 5.92 Å². The average molecular weight is 284 g/mol. The summed E-state index contributed by atoms with van der Waals surface area (Å²) >= 11 is 0. The molecule has 0 amide bonds. The quantitative estimate of drug-likeness (QED) is 0.935. The fourth-order valence-electron chi connectivity index (χ4n) is 2.47. The molecule has 0 saturated carbocycles. The Balaban J connectivity index is 1.73. The zero-order valence-corrected chi connectivity index (χ0v) is 11.5. The van der Waals surface area contributed by atoms with Crippen LogP contribution in [-0.2, 0) is 4.79 Å². The van der Waals surface area contributed by atoms with E-state index in [0.29, 0.717) is 24.6 Å². The van der Waals surface area contributed by atoms with Crippen molar-refractivity contribution in [1.82, 2.24) is 4.98 Å². The van der Waals surface area contributed by atoms with Crippen LogP contribution in [0.15, 0.2) is 48.7 Å². The summed E-state index contributed by atoms with van der Waals surface area (Å²) in [6, 6.07) is 13.1. The van der Waals surface area contributed by atoms with E-state index in [4.69, 9.17) is 9.84 Å². The van der Waals surface area contributed by atoms with Crippen LogP contribution in [0.25, 0.3) is 0 Å². The summed E-state index contributed by atoms with van der Waals surface area (Å²) in [6.45, 7) is 1.30. The van der Waals surface area contributed by atoms with E-state index in [0.717, 1.165) is 12.2 Å². The van der Waals surface area contributed by atoms with Crippen LogP contribution in [0.2, 0.25) is 0 Å². The molecule has 0 spiro atoms. The fraction of sp³-hybridized carbons (Fsp3) is 0.250. The van der Waals surface area contributed by atoms with E-state index < -0.39 is 5.97 Å². The van der Waals surface area contributed by atoms with Crippen LogP contribution < -0.4 is 9.64 Å². The maximum absolute atomic E-state index is 11.0. The topological polar surface area (TPSA) is 62.7 Å². The van der Waals surface area contributed by atoms with Crippen LogP contribution >= 0.6 is 0 Å². The first-order chi connectivity index (χ1) is 10.2. The van der Waals surface area contributed by atoms with Gasteiger partial charge in [-0.25, -0.2) is 4.98 Å². The third kappa shape index (κ3) is 3.13. The van der Waals surface area contributed by atoms with Gasteiger partial charge in [-0.2, -0.15) is 0 Å². The lowest BCUT2D eigenvalue weighted by molar-refractivity contribution is -0.140. The molecule has 1 aliphatic rings. The molecular formula is C16H16N2O3. The number of rotatable bonds is 4. The Labute approximate surface area is 122 Å². The van der Waals surface area contributed by atoms with Gasteiger partial charge in [-0.1, -0.05) is 12.1 Å². The molecule has 1 N–H and O–H groups in total. The molecule has 1 aromatic carbocycles. The lowest BCUT2D eigenvalue weighted by Gasteiger charge is -2.18. The van der Waals surface area contributed by atoms with E-state index >= 15 is 0 Å². The van der Waals surface area contributed by atoms with Crippen molar-refractivity contribution in [3.63, 3.8) is 0 Å². The third-order valence-corrected chi connectivity index (χ3v) is 3.58. The van der Waals surface area contributed by atoms with Gasteiger partial charge in [0.05, 0.1) is 5.92 Å². The summed E-state index contributed by atoms with van der Waals surface area (Å²) in [7, 11) is 0. The van der Waals surface area contributed by atoms with Crippen molar-refractivity contribution in [2.24, 2.45) is 5.92 Å². The zero-order valence-electron chi connectivity index (χ0n) is 11.5. The molecule has 3 rings (SSSR count). The first-order valence-electron chi connectivity index (χ1n) is 6.89. The Morgan fingerprint density at radius 1 is 1.29 bits per heavy atom. The fourth-order valence-corrected chi connectivity index (χ4v) is 2.47. The van der Waals surface area contributed by atoms with Crippen molar-refractivity contribution in [2.75, 3.05) is 18.0 Å². The molecule has 1 unspecified atom stereocenters. The van der Waals surface area contributed by atoms with Gasteiger partial charge in [-0.15, -0.1) is 0 Å². The van der Waals surface area contributed by atoms with Gasteiger partial charge in [0.2, 0.25) is 5.88 Å². The van der Waals surface area contributed by atoms with Crippen molar-refractivity contribution in [1.29, 1.82) is 0 Å². The second-order valence-corrected chi connectivity index (χ2v) is 5.04. The molecule has 1 fully saturated rings. The van der Waals surface area contributed by atoms with Crippen LogP contribution in [0.1, 0.15) is 6.42 Å². The molecule has 5 heteroatoms. The van der Waals surface area contributed by atoms with Gasteiger partial charge >= 0.3 is 5.97 Å². The number of ether oxygens (including phenoxy) is 1. The molecule has 108 valence electrons. The lowest BCUT2D eigenvalue weighted by atomic mass is 10.1. The minimum absolute atomic E-state index is 0.287. The third-order valence-electron chi connectivity index (χ3n) is 3.58. The Kier molecular flexibility index (Phi) is 3.73. The number of pyridine rings is 1. The summed E-state index contributed by atoms with van der Waals surface area (Å²) in [5.41, 5.74) is 0.979. The molecule has 2 heterocycles. The Hall–Kier alpha value is -2.56. The van der Waals surface area contributed by atoms with Gasteiger partial charge in [0.1, 0.15) is 5.75 Å². The number of benzene rings is 1. The van der Waals surface area contributed by atoms with Gasteiger partial charge in [0, 0.05) is 37.1 Å². The number of anilines is 1. The SMILES string of the molecule is O=C(O)C1CCN(c2cccc(Oc3ccccn3)c2)C1. The Bertz CT molecular complexity index is 630. The van der Waals surface area contributed by atoms with Crippen molar-refractivity contribution in [3.05, 3.63) is 48.7 Å².